The van der Waals surface area contributed by atoms with Gasteiger partial charge in [-0.05, 0) is 57.2 Å². The van der Waals surface area contributed by atoms with Crippen LogP contribution in [0.25, 0.3) is 0 Å². The maximum atomic E-state index is 12.0. The Balaban J connectivity index is 1.82. The zero-order valence-electron chi connectivity index (χ0n) is 14.5. The molecule has 1 heterocycles. The van der Waals surface area contributed by atoms with Crippen molar-refractivity contribution in [3.63, 3.8) is 0 Å². The third-order valence-electron chi connectivity index (χ3n) is 3.69. The van der Waals surface area contributed by atoms with Gasteiger partial charge in [0.15, 0.2) is 5.69 Å². The summed E-state index contributed by atoms with van der Waals surface area (Å²) < 4.78 is 0. The Kier molecular flexibility index (Phi) is 6.69. The second kappa shape index (κ2) is 8.98. The Morgan fingerprint density at radius 3 is 2.58 bits per heavy atom. The van der Waals surface area contributed by atoms with E-state index >= 15 is 0 Å². The van der Waals surface area contributed by atoms with Crippen LogP contribution in [0.15, 0.2) is 36.4 Å². The van der Waals surface area contributed by atoms with E-state index in [0.29, 0.717) is 24.6 Å². The number of nitrogens with zero attached hydrogens (tertiary/aromatic N) is 3. The first-order valence-electron chi connectivity index (χ1n) is 8.11. The normalized spacial score (nSPS) is 10.7. The van der Waals surface area contributed by atoms with Crippen molar-refractivity contribution >= 4 is 11.7 Å². The highest BCUT2D eigenvalue weighted by Crippen LogP contribution is 2.10. The summed E-state index contributed by atoms with van der Waals surface area (Å²) in [5.74, 6) is 0.467. The molecule has 128 valence electrons. The Morgan fingerprint density at radius 1 is 1.12 bits per heavy atom. The summed E-state index contributed by atoms with van der Waals surface area (Å²) >= 11 is 0. The van der Waals surface area contributed by atoms with E-state index in [1.54, 1.807) is 12.1 Å². The molecule has 0 unspecified atom stereocenters. The fraction of sp³-hybridized carbons (Fsp3) is 0.389. The van der Waals surface area contributed by atoms with Crippen LogP contribution in [0.2, 0.25) is 0 Å². The molecule has 1 aromatic carbocycles. The number of amides is 1. The lowest BCUT2D eigenvalue weighted by Gasteiger charge is -2.10. The summed E-state index contributed by atoms with van der Waals surface area (Å²) in [7, 11) is 4.02. The zero-order chi connectivity index (χ0) is 17.4. The van der Waals surface area contributed by atoms with E-state index in [4.69, 9.17) is 0 Å². The van der Waals surface area contributed by atoms with E-state index < -0.39 is 0 Å². The highest BCUT2D eigenvalue weighted by Gasteiger charge is 2.07. The van der Waals surface area contributed by atoms with Gasteiger partial charge in [-0.3, -0.25) is 4.79 Å². The highest BCUT2D eigenvalue weighted by molar-refractivity contribution is 5.92. The number of carbonyl (C=O) groups is 1. The molecule has 2 N–H and O–H groups in total. The third-order valence-corrected chi connectivity index (χ3v) is 3.69. The van der Waals surface area contributed by atoms with Crippen LogP contribution in [-0.4, -0.2) is 48.2 Å². The standard InChI is InChI=1S/C18H25N5O/c1-14-7-4-5-8-15(14)13-20-17-10-9-16(21-22-17)18(24)19-11-6-12-23(2)3/h4-5,7-10H,6,11-13H2,1-3H3,(H,19,24)(H,20,22). The summed E-state index contributed by atoms with van der Waals surface area (Å²) in [6.07, 6.45) is 0.905. The quantitative estimate of drug-likeness (QED) is 0.727. The summed E-state index contributed by atoms with van der Waals surface area (Å²) in [4.78, 5) is 14.1. The van der Waals surface area contributed by atoms with Crippen LogP contribution < -0.4 is 10.6 Å². The molecule has 0 saturated heterocycles. The molecule has 0 radical (unpaired) electrons. The summed E-state index contributed by atoms with van der Waals surface area (Å²) in [5, 5.41) is 14.1. The molecule has 2 aromatic rings. The lowest BCUT2D eigenvalue weighted by molar-refractivity contribution is 0.0946. The van der Waals surface area contributed by atoms with E-state index in [1.807, 2.05) is 26.2 Å². The van der Waals surface area contributed by atoms with Crippen LogP contribution in [-0.2, 0) is 6.54 Å². The SMILES string of the molecule is Cc1ccccc1CNc1ccc(C(=O)NCCCN(C)C)nn1. The maximum absolute atomic E-state index is 12.0. The van der Waals surface area contributed by atoms with Crippen LogP contribution in [0.5, 0.6) is 0 Å². The van der Waals surface area contributed by atoms with Crippen LogP contribution in [0.3, 0.4) is 0 Å². The fourth-order valence-corrected chi connectivity index (χ4v) is 2.23. The third kappa shape index (κ3) is 5.62. The van der Waals surface area contributed by atoms with Gasteiger partial charge in [-0.15, -0.1) is 10.2 Å². The van der Waals surface area contributed by atoms with Gasteiger partial charge < -0.3 is 15.5 Å². The minimum Gasteiger partial charge on any atom is -0.364 e. The molecule has 24 heavy (non-hydrogen) atoms. The molecule has 6 nitrogen and oxygen atoms in total. The number of carbonyl (C=O) groups excluding carboxylic acids is 1. The Hall–Kier alpha value is -2.47. The fourth-order valence-electron chi connectivity index (χ4n) is 2.23. The van der Waals surface area contributed by atoms with E-state index in [9.17, 15) is 4.79 Å². The van der Waals surface area contributed by atoms with Gasteiger partial charge in [-0.2, -0.15) is 0 Å². The first-order valence-corrected chi connectivity index (χ1v) is 8.11. The molecule has 0 aliphatic rings. The molecule has 1 amide bonds. The van der Waals surface area contributed by atoms with E-state index in [0.717, 1.165) is 13.0 Å². The van der Waals surface area contributed by atoms with Crippen molar-refractivity contribution in [3.8, 4) is 0 Å². The molecular weight excluding hydrogens is 302 g/mol. The van der Waals surface area contributed by atoms with E-state index in [-0.39, 0.29) is 5.91 Å². The lowest BCUT2D eigenvalue weighted by atomic mass is 10.1. The van der Waals surface area contributed by atoms with Crippen molar-refractivity contribution in [1.82, 2.24) is 20.4 Å². The van der Waals surface area contributed by atoms with Gasteiger partial charge in [0, 0.05) is 13.1 Å². The molecule has 0 aliphatic carbocycles. The number of nitrogens with one attached hydrogen (secondary N) is 2. The Morgan fingerprint density at radius 2 is 1.92 bits per heavy atom. The van der Waals surface area contributed by atoms with Crippen molar-refractivity contribution in [2.75, 3.05) is 32.5 Å². The van der Waals surface area contributed by atoms with E-state index in [1.165, 1.54) is 11.1 Å². The Labute approximate surface area is 143 Å². The summed E-state index contributed by atoms with van der Waals surface area (Å²) in [6, 6.07) is 11.6. The number of rotatable bonds is 8. The van der Waals surface area contributed by atoms with Crippen LogP contribution >= 0.6 is 0 Å². The van der Waals surface area contributed by atoms with Crippen LogP contribution in [0.1, 0.15) is 28.0 Å². The Bertz CT molecular complexity index is 655. The average Bonchev–Trinajstić information content (AvgIpc) is 2.58. The smallest absolute Gasteiger partial charge is 0.271 e. The van der Waals surface area contributed by atoms with Crippen molar-refractivity contribution < 1.29 is 4.79 Å². The minimum absolute atomic E-state index is 0.188. The maximum Gasteiger partial charge on any atom is 0.271 e. The molecule has 6 heteroatoms. The summed E-state index contributed by atoms with van der Waals surface area (Å²) in [5.41, 5.74) is 2.77. The van der Waals surface area contributed by atoms with Gasteiger partial charge in [0.05, 0.1) is 0 Å². The van der Waals surface area contributed by atoms with Crippen LogP contribution in [0.4, 0.5) is 5.82 Å². The number of aryl methyl sites for hydroxylation is 1. The number of hydrogen-bond acceptors (Lipinski definition) is 5. The molecule has 0 atom stereocenters. The number of anilines is 1. The highest BCUT2D eigenvalue weighted by atomic mass is 16.1. The molecule has 0 saturated carbocycles. The first-order chi connectivity index (χ1) is 11.6. The van der Waals surface area contributed by atoms with Crippen LogP contribution in [0, 0.1) is 6.92 Å². The molecule has 0 spiro atoms. The van der Waals surface area contributed by atoms with Crippen molar-refractivity contribution in [2.24, 2.45) is 0 Å². The van der Waals surface area contributed by atoms with Crippen molar-refractivity contribution in [2.45, 2.75) is 19.9 Å². The molecule has 0 aliphatic heterocycles. The largest absolute Gasteiger partial charge is 0.364 e. The molecule has 0 fully saturated rings. The minimum atomic E-state index is -0.188. The number of aromatic nitrogens is 2. The van der Waals surface area contributed by atoms with Gasteiger partial charge in [-0.1, -0.05) is 24.3 Å². The predicted octanol–water partition coefficient (Wildman–Crippen LogP) is 2.08. The monoisotopic (exact) mass is 327 g/mol. The van der Waals surface area contributed by atoms with Gasteiger partial charge in [0.2, 0.25) is 0 Å². The summed E-state index contributed by atoms with van der Waals surface area (Å²) in [6.45, 7) is 4.32. The predicted molar refractivity (Wildman–Crippen MR) is 96.0 cm³/mol. The molecule has 2 rings (SSSR count). The average molecular weight is 327 g/mol. The molecular formula is C18H25N5O. The zero-order valence-corrected chi connectivity index (χ0v) is 14.5. The number of hydrogen-bond donors (Lipinski definition) is 2. The first kappa shape index (κ1) is 17.9. The van der Waals surface area contributed by atoms with Crippen molar-refractivity contribution in [3.05, 3.63) is 53.2 Å². The lowest BCUT2D eigenvalue weighted by Crippen LogP contribution is -2.28. The molecule has 0 bridgehead atoms. The van der Waals surface area contributed by atoms with Gasteiger partial charge in [0.25, 0.3) is 5.91 Å². The van der Waals surface area contributed by atoms with E-state index in [2.05, 4.69) is 44.8 Å². The second-order valence-electron chi connectivity index (χ2n) is 6.00. The van der Waals surface area contributed by atoms with Gasteiger partial charge in [0.1, 0.15) is 5.82 Å². The number of benzene rings is 1. The molecule has 1 aromatic heterocycles. The second-order valence-corrected chi connectivity index (χ2v) is 6.00. The van der Waals surface area contributed by atoms with Crippen molar-refractivity contribution in [1.29, 1.82) is 0 Å². The topological polar surface area (TPSA) is 70.2 Å². The van der Waals surface area contributed by atoms with Gasteiger partial charge in [-0.25, -0.2) is 0 Å². The van der Waals surface area contributed by atoms with Gasteiger partial charge >= 0.3 is 0 Å².